The highest BCUT2D eigenvalue weighted by Gasteiger charge is 2.16. The van der Waals surface area contributed by atoms with Crippen LogP contribution in [0.3, 0.4) is 0 Å². The number of rotatable bonds is 7. The van der Waals surface area contributed by atoms with Gasteiger partial charge in [-0.15, -0.1) is 0 Å². The molecule has 3 rings (SSSR count). The van der Waals surface area contributed by atoms with Crippen molar-refractivity contribution in [3.63, 3.8) is 0 Å². The molecule has 2 aromatic rings. The van der Waals surface area contributed by atoms with E-state index in [1.165, 1.54) is 6.08 Å². The Morgan fingerprint density at radius 1 is 0.933 bits per heavy atom. The molecule has 2 aromatic carbocycles. The zero-order chi connectivity index (χ0) is 21.3. The molecule has 1 saturated heterocycles. The van der Waals surface area contributed by atoms with Crippen LogP contribution in [-0.2, 0) is 4.79 Å². The van der Waals surface area contributed by atoms with Crippen molar-refractivity contribution >= 4 is 29.5 Å². The molecule has 6 heteroatoms. The van der Waals surface area contributed by atoms with Gasteiger partial charge in [0.1, 0.15) is 0 Å². The molecule has 0 radical (unpaired) electrons. The molecule has 1 aliphatic rings. The van der Waals surface area contributed by atoms with Gasteiger partial charge in [-0.25, -0.2) is 5.48 Å². The van der Waals surface area contributed by atoms with Gasteiger partial charge in [0, 0.05) is 23.4 Å². The Morgan fingerprint density at radius 2 is 1.50 bits per heavy atom. The molecule has 1 fully saturated rings. The summed E-state index contributed by atoms with van der Waals surface area (Å²) >= 11 is 0. The molecule has 30 heavy (non-hydrogen) atoms. The third-order valence-electron chi connectivity index (χ3n) is 5.16. The van der Waals surface area contributed by atoms with E-state index in [9.17, 15) is 9.59 Å². The number of carbonyl (C=O) groups is 2. The fourth-order valence-corrected chi connectivity index (χ4v) is 3.31. The van der Waals surface area contributed by atoms with Gasteiger partial charge in [0.05, 0.1) is 0 Å². The van der Waals surface area contributed by atoms with E-state index in [1.54, 1.807) is 23.7 Å². The second-order valence-electron chi connectivity index (χ2n) is 7.47. The van der Waals surface area contributed by atoms with E-state index in [0.29, 0.717) is 11.6 Å². The summed E-state index contributed by atoms with van der Waals surface area (Å²) in [6, 6.07) is 15.5. The number of nitrogens with zero attached hydrogens (tertiary/aromatic N) is 1. The minimum Gasteiger partial charge on any atom is -0.382 e. The van der Waals surface area contributed by atoms with Crippen LogP contribution in [0.5, 0.6) is 0 Å². The van der Waals surface area contributed by atoms with Crippen LogP contribution in [0.1, 0.15) is 34.3 Å². The number of amides is 1. The Bertz CT molecular complexity index is 910. The predicted octanol–water partition coefficient (Wildman–Crippen LogP) is 3.61. The lowest BCUT2D eigenvalue weighted by Gasteiger charge is -2.30. The molecule has 0 saturated carbocycles. The zero-order valence-corrected chi connectivity index (χ0v) is 17.0. The lowest BCUT2D eigenvalue weighted by molar-refractivity contribution is -0.124. The number of benzene rings is 2. The first-order chi connectivity index (χ1) is 14.5. The number of hydroxylamine groups is 1. The van der Waals surface area contributed by atoms with Crippen LogP contribution in [0, 0.1) is 0 Å². The Morgan fingerprint density at radius 3 is 2.07 bits per heavy atom. The Balaban J connectivity index is 1.54. The molecule has 0 bridgehead atoms. The number of ketones is 1. The van der Waals surface area contributed by atoms with Crippen molar-refractivity contribution in [2.75, 3.05) is 25.5 Å². The maximum atomic E-state index is 12.4. The van der Waals surface area contributed by atoms with Crippen LogP contribution in [0.15, 0.2) is 60.7 Å². The van der Waals surface area contributed by atoms with Crippen LogP contribution in [0.2, 0.25) is 0 Å². The summed E-state index contributed by atoms with van der Waals surface area (Å²) in [6.07, 6.45) is 8.40. The van der Waals surface area contributed by atoms with Crippen LogP contribution in [-0.4, -0.2) is 48.0 Å². The molecular formula is C24H27N3O3. The molecule has 6 nitrogen and oxygen atoms in total. The Kier molecular flexibility index (Phi) is 7.54. The van der Waals surface area contributed by atoms with E-state index in [0.717, 1.165) is 42.7 Å². The second kappa shape index (κ2) is 10.5. The fraction of sp³-hybridized carbons (Fsp3) is 0.250. The minimum atomic E-state index is -0.586. The summed E-state index contributed by atoms with van der Waals surface area (Å²) in [4.78, 5) is 25.8. The van der Waals surface area contributed by atoms with E-state index in [4.69, 9.17) is 5.21 Å². The van der Waals surface area contributed by atoms with Crippen molar-refractivity contribution in [3.05, 3.63) is 77.4 Å². The summed E-state index contributed by atoms with van der Waals surface area (Å²) in [5.74, 6) is -0.637. The van der Waals surface area contributed by atoms with E-state index in [-0.39, 0.29) is 5.78 Å². The van der Waals surface area contributed by atoms with Gasteiger partial charge >= 0.3 is 0 Å². The molecule has 0 spiro atoms. The molecule has 1 aliphatic heterocycles. The Labute approximate surface area is 176 Å². The van der Waals surface area contributed by atoms with Gasteiger partial charge < -0.3 is 10.2 Å². The van der Waals surface area contributed by atoms with E-state index >= 15 is 0 Å². The van der Waals surface area contributed by atoms with E-state index in [1.807, 2.05) is 48.5 Å². The molecular weight excluding hydrogens is 378 g/mol. The van der Waals surface area contributed by atoms with Gasteiger partial charge in [-0.1, -0.05) is 30.3 Å². The van der Waals surface area contributed by atoms with Crippen LogP contribution in [0.4, 0.5) is 5.69 Å². The summed E-state index contributed by atoms with van der Waals surface area (Å²) in [7, 11) is 2.15. The number of nitrogens with one attached hydrogen (secondary N) is 2. The normalized spacial score (nSPS) is 15.5. The van der Waals surface area contributed by atoms with Crippen LogP contribution >= 0.6 is 0 Å². The quantitative estimate of drug-likeness (QED) is 0.284. The molecule has 1 heterocycles. The number of carbonyl (C=O) groups excluding carboxylic acids is 2. The maximum Gasteiger partial charge on any atom is 0.267 e. The lowest BCUT2D eigenvalue weighted by atomic mass is 10.0. The van der Waals surface area contributed by atoms with E-state index in [2.05, 4.69) is 17.3 Å². The topological polar surface area (TPSA) is 81.7 Å². The third kappa shape index (κ3) is 6.40. The predicted molar refractivity (Wildman–Crippen MR) is 119 cm³/mol. The highest BCUT2D eigenvalue weighted by molar-refractivity contribution is 6.07. The molecule has 0 atom stereocenters. The van der Waals surface area contributed by atoms with Crippen molar-refractivity contribution in [1.29, 1.82) is 0 Å². The molecule has 0 aliphatic carbocycles. The summed E-state index contributed by atoms with van der Waals surface area (Å²) in [6.45, 7) is 2.21. The van der Waals surface area contributed by atoms with Crippen molar-refractivity contribution in [1.82, 2.24) is 10.4 Å². The average Bonchev–Trinajstić information content (AvgIpc) is 2.78. The summed E-state index contributed by atoms with van der Waals surface area (Å²) in [5, 5.41) is 12.0. The molecule has 0 aromatic heterocycles. The smallest absolute Gasteiger partial charge is 0.267 e. The first kappa shape index (κ1) is 21.5. The molecule has 1 amide bonds. The van der Waals surface area contributed by atoms with Crippen LogP contribution < -0.4 is 10.8 Å². The SMILES string of the molecule is CN1CCC(Nc2ccc(C(=O)/C=C/c3ccc(/C=C/C(=O)NO)cc3)cc2)CC1. The first-order valence-corrected chi connectivity index (χ1v) is 10.0. The Hall–Kier alpha value is -3.22. The number of hydrogen-bond donors (Lipinski definition) is 3. The summed E-state index contributed by atoms with van der Waals surface area (Å²) in [5.41, 5.74) is 4.93. The lowest BCUT2D eigenvalue weighted by Crippen LogP contribution is -2.36. The monoisotopic (exact) mass is 405 g/mol. The van der Waals surface area contributed by atoms with Crippen molar-refractivity contribution in [2.24, 2.45) is 0 Å². The number of likely N-dealkylation sites (tertiary alicyclic amines) is 1. The molecule has 156 valence electrons. The van der Waals surface area contributed by atoms with Crippen molar-refractivity contribution < 1.29 is 14.8 Å². The van der Waals surface area contributed by atoms with Gasteiger partial charge in [0.25, 0.3) is 5.91 Å². The minimum absolute atomic E-state index is 0.0515. The van der Waals surface area contributed by atoms with Gasteiger partial charge in [0.15, 0.2) is 5.78 Å². The number of anilines is 1. The standard InChI is InChI=1S/C24H27N3O3/c1-27-16-14-22(15-17-27)25-21-10-8-20(9-11-21)23(28)12-6-18-2-4-19(5-3-18)7-13-24(29)26-30/h2-13,22,25,30H,14-17H2,1H3,(H,26,29)/b12-6+,13-7+. The number of hydrogen-bond acceptors (Lipinski definition) is 5. The molecule has 3 N–H and O–H groups in total. The van der Waals surface area contributed by atoms with Crippen LogP contribution in [0.25, 0.3) is 12.2 Å². The largest absolute Gasteiger partial charge is 0.382 e. The number of piperidine rings is 1. The third-order valence-corrected chi connectivity index (χ3v) is 5.16. The van der Waals surface area contributed by atoms with Crippen molar-refractivity contribution in [3.8, 4) is 0 Å². The fourth-order valence-electron chi connectivity index (χ4n) is 3.31. The van der Waals surface area contributed by atoms with Gasteiger partial charge in [-0.3, -0.25) is 14.8 Å². The second-order valence-corrected chi connectivity index (χ2v) is 7.47. The highest BCUT2D eigenvalue weighted by atomic mass is 16.5. The van der Waals surface area contributed by atoms with Gasteiger partial charge in [0.2, 0.25) is 0 Å². The summed E-state index contributed by atoms with van der Waals surface area (Å²) < 4.78 is 0. The van der Waals surface area contributed by atoms with Crippen molar-refractivity contribution in [2.45, 2.75) is 18.9 Å². The number of allylic oxidation sites excluding steroid dienone is 1. The average molecular weight is 405 g/mol. The van der Waals surface area contributed by atoms with E-state index < -0.39 is 5.91 Å². The zero-order valence-electron chi connectivity index (χ0n) is 17.0. The van der Waals surface area contributed by atoms with Gasteiger partial charge in [-0.05, 0) is 80.5 Å². The van der Waals surface area contributed by atoms with Gasteiger partial charge in [-0.2, -0.15) is 0 Å². The first-order valence-electron chi connectivity index (χ1n) is 10.0. The highest BCUT2D eigenvalue weighted by Crippen LogP contribution is 2.17. The maximum absolute atomic E-state index is 12.4. The molecule has 0 unspecified atom stereocenters.